The van der Waals surface area contributed by atoms with Gasteiger partial charge in [-0.3, -0.25) is 9.36 Å². The lowest BCUT2D eigenvalue weighted by Crippen LogP contribution is -2.27. The number of methoxy groups -OCH3 is 1. The first-order valence-electron chi connectivity index (χ1n) is 10.6. The second-order valence-electron chi connectivity index (χ2n) is 7.82. The zero-order valence-electron chi connectivity index (χ0n) is 19.1. The summed E-state index contributed by atoms with van der Waals surface area (Å²) in [4.78, 5) is 14.8. The van der Waals surface area contributed by atoms with Gasteiger partial charge in [0.25, 0.3) is 0 Å². The fourth-order valence-corrected chi connectivity index (χ4v) is 4.71. The number of hydrogen-bond donors (Lipinski definition) is 0. The number of ether oxygens (including phenoxy) is 1. The second-order valence-corrected chi connectivity index (χ2v) is 8.89. The molecule has 1 amide bonds. The van der Waals surface area contributed by atoms with E-state index in [-0.39, 0.29) is 5.91 Å². The van der Waals surface area contributed by atoms with Crippen molar-refractivity contribution in [2.24, 2.45) is 0 Å². The van der Waals surface area contributed by atoms with Gasteiger partial charge in [-0.25, -0.2) is 0 Å². The molecule has 0 saturated carbocycles. The number of aromatic nitrogens is 3. The van der Waals surface area contributed by atoms with Gasteiger partial charge < -0.3 is 9.64 Å². The summed E-state index contributed by atoms with van der Waals surface area (Å²) in [6.45, 7) is 2.05. The topological polar surface area (TPSA) is 60.3 Å². The van der Waals surface area contributed by atoms with Crippen LogP contribution in [0.5, 0.6) is 5.75 Å². The number of hydrogen-bond acceptors (Lipinski definition) is 5. The quantitative estimate of drug-likeness (QED) is 0.358. The van der Waals surface area contributed by atoms with Gasteiger partial charge in [-0.15, -0.1) is 10.2 Å². The molecule has 0 aliphatic rings. The van der Waals surface area contributed by atoms with E-state index in [1.165, 1.54) is 11.8 Å². The molecule has 0 N–H and O–H groups in total. The highest BCUT2D eigenvalue weighted by molar-refractivity contribution is 8.00. The molecule has 6 nitrogen and oxygen atoms in total. The Morgan fingerprint density at radius 3 is 2.27 bits per heavy atom. The van der Waals surface area contributed by atoms with Crippen LogP contribution in [-0.4, -0.2) is 46.8 Å². The van der Waals surface area contributed by atoms with Gasteiger partial charge in [-0.05, 0) is 36.8 Å². The minimum absolute atomic E-state index is 0.0107. The van der Waals surface area contributed by atoms with Crippen molar-refractivity contribution in [2.75, 3.05) is 21.2 Å². The van der Waals surface area contributed by atoms with E-state index >= 15 is 0 Å². The maximum atomic E-state index is 13.1. The van der Waals surface area contributed by atoms with Gasteiger partial charge in [0.1, 0.15) is 11.0 Å². The Bertz CT molecular complexity index is 1240. The van der Waals surface area contributed by atoms with E-state index < -0.39 is 5.25 Å². The summed E-state index contributed by atoms with van der Waals surface area (Å²) in [5.74, 6) is 1.35. The molecule has 1 heterocycles. The molecule has 0 radical (unpaired) electrons. The average molecular weight is 459 g/mol. The van der Waals surface area contributed by atoms with Crippen molar-refractivity contribution in [3.05, 3.63) is 90.0 Å². The molecule has 33 heavy (non-hydrogen) atoms. The van der Waals surface area contributed by atoms with Crippen molar-refractivity contribution < 1.29 is 9.53 Å². The molecule has 1 atom stereocenters. The van der Waals surface area contributed by atoms with Gasteiger partial charge >= 0.3 is 0 Å². The van der Waals surface area contributed by atoms with Crippen LogP contribution in [0.2, 0.25) is 0 Å². The molecule has 4 rings (SSSR count). The van der Waals surface area contributed by atoms with E-state index in [1.54, 1.807) is 26.1 Å². The van der Waals surface area contributed by atoms with Gasteiger partial charge in [0.2, 0.25) is 5.91 Å². The highest BCUT2D eigenvalue weighted by Crippen LogP contribution is 2.39. The largest absolute Gasteiger partial charge is 0.496 e. The van der Waals surface area contributed by atoms with E-state index in [0.29, 0.717) is 16.7 Å². The first kappa shape index (κ1) is 22.6. The highest BCUT2D eigenvalue weighted by Gasteiger charge is 2.28. The number of rotatable bonds is 7. The van der Waals surface area contributed by atoms with Crippen LogP contribution >= 0.6 is 11.8 Å². The van der Waals surface area contributed by atoms with Crippen molar-refractivity contribution in [3.8, 4) is 22.8 Å². The maximum absolute atomic E-state index is 13.1. The molecule has 0 bridgehead atoms. The summed E-state index contributed by atoms with van der Waals surface area (Å²) in [5.41, 5.74) is 3.82. The molecule has 1 unspecified atom stereocenters. The molecule has 3 aromatic carbocycles. The third-order valence-electron chi connectivity index (χ3n) is 5.26. The Hall–Kier alpha value is -3.58. The number of carbonyl (C=O) groups is 1. The third kappa shape index (κ3) is 4.78. The summed E-state index contributed by atoms with van der Waals surface area (Å²) < 4.78 is 7.58. The summed E-state index contributed by atoms with van der Waals surface area (Å²) >= 11 is 1.39. The lowest BCUT2D eigenvalue weighted by atomic mass is 10.1. The number of amides is 1. The zero-order valence-corrected chi connectivity index (χ0v) is 19.9. The molecule has 0 spiro atoms. The lowest BCUT2D eigenvalue weighted by Gasteiger charge is -2.21. The van der Waals surface area contributed by atoms with Gasteiger partial charge in [0, 0.05) is 19.8 Å². The molecule has 0 aliphatic heterocycles. The van der Waals surface area contributed by atoms with Crippen molar-refractivity contribution in [2.45, 2.75) is 17.3 Å². The monoisotopic (exact) mass is 458 g/mol. The standard InChI is InChI=1S/C26H26N4O2S/c1-18-14-16-20(17-15-18)30-24(21-12-8-9-13-22(21)32-4)27-28-26(30)33-23(25(31)29(2)3)19-10-6-5-7-11-19/h5-17,23H,1-4H3. The predicted octanol–water partition coefficient (Wildman–Crippen LogP) is 5.17. The van der Waals surface area contributed by atoms with E-state index in [4.69, 9.17) is 4.74 Å². The first-order chi connectivity index (χ1) is 16.0. The van der Waals surface area contributed by atoms with E-state index in [0.717, 1.165) is 22.4 Å². The molecular weight excluding hydrogens is 432 g/mol. The number of nitrogens with zero attached hydrogens (tertiary/aromatic N) is 4. The van der Waals surface area contributed by atoms with E-state index in [9.17, 15) is 4.79 Å². The van der Waals surface area contributed by atoms with Crippen LogP contribution < -0.4 is 4.74 Å². The van der Waals surface area contributed by atoms with Crippen LogP contribution in [0.25, 0.3) is 17.1 Å². The molecule has 1 aromatic heterocycles. The third-order valence-corrected chi connectivity index (χ3v) is 6.45. The molecule has 7 heteroatoms. The maximum Gasteiger partial charge on any atom is 0.240 e. The van der Waals surface area contributed by atoms with Crippen LogP contribution in [-0.2, 0) is 4.79 Å². The molecule has 0 saturated heterocycles. The Kier molecular flexibility index (Phi) is 6.79. The summed E-state index contributed by atoms with van der Waals surface area (Å²) in [6.07, 6.45) is 0. The smallest absolute Gasteiger partial charge is 0.240 e. The summed E-state index contributed by atoms with van der Waals surface area (Å²) in [7, 11) is 5.18. The van der Waals surface area contributed by atoms with Crippen LogP contribution in [0.1, 0.15) is 16.4 Å². The molecular formula is C26H26N4O2S. The molecule has 168 valence electrons. The number of carbonyl (C=O) groups excluding carboxylic acids is 1. The lowest BCUT2D eigenvalue weighted by molar-refractivity contribution is -0.128. The fraction of sp³-hybridized carbons (Fsp3) is 0.192. The van der Waals surface area contributed by atoms with E-state index in [2.05, 4.69) is 22.3 Å². The van der Waals surface area contributed by atoms with Gasteiger partial charge in [-0.1, -0.05) is 71.9 Å². The number of benzene rings is 3. The van der Waals surface area contributed by atoms with Crippen LogP contribution in [0, 0.1) is 6.92 Å². The molecule has 0 fully saturated rings. The highest BCUT2D eigenvalue weighted by atomic mass is 32.2. The predicted molar refractivity (Wildman–Crippen MR) is 132 cm³/mol. The first-order valence-corrected chi connectivity index (χ1v) is 11.5. The van der Waals surface area contributed by atoms with Crippen molar-refractivity contribution >= 4 is 17.7 Å². The molecule has 4 aromatic rings. The van der Waals surface area contributed by atoms with Crippen molar-refractivity contribution in [1.82, 2.24) is 19.7 Å². The Labute approximate surface area is 198 Å². The number of para-hydroxylation sites is 1. The number of thioether (sulfide) groups is 1. The zero-order chi connectivity index (χ0) is 23.4. The van der Waals surface area contributed by atoms with E-state index in [1.807, 2.05) is 78.2 Å². The van der Waals surface area contributed by atoms with Crippen LogP contribution in [0.15, 0.2) is 84.0 Å². The van der Waals surface area contributed by atoms with Gasteiger partial charge in [0.15, 0.2) is 11.0 Å². The Balaban J connectivity index is 1.87. The minimum Gasteiger partial charge on any atom is -0.496 e. The molecule has 0 aliphatic carbocycles. The van der Waals surface area contributed by atoms with Crippen LogP contribution in [0.4, 0.5) is 0 Å². The SMILES string of the molecule is COc1ccccc1-c1nnc(SC(C(=O)N(C)C)c2ccccc2)n1-c1ccc(C)cc1. The minimum atomic E-state index is -0.458. The average Bonchev–Trinajstić information content (AvgIpc) is 3.26. The van der Waals surface area contributed by atoms with Gasteiger partial charge in [-0.2, -0.15) is 0 Å². The van der Waals surface area contributed by atoms with Gasteiger partial charge in [0.05, 0.1) is 12.7 Å². The normalized spacial score (nSPS) is 11.8. The number of likely N-dealkylation sites (N-methyl/N-ethyl adjacent to an activating group) is 1. The Morgan fingerprint density at radius 1 is 0.939 bits per heavy atom. The fourth-order valence-electron chi connectivity index (χ4n) is 3.51. The Morgan fingerprint density at radius 2 is 1.61 bits per heavy atom. The van der Waals surface area contributed by atoms with Crippen molar-refractivity contribution in [1.29, 1.82) is 0 Å². The number of aryl methyl sites for hydroxylation is 1. The second kappa shape index (κ2) is 9.92. The van der Waals surface area contributed by atoms with Crippen molar-refractivity contribution in [3.63, 3.8) is 0 Å². The van der Waals surface area contributed by atoms with Crippen LogP contribution in [0.3, 0.4) is 0 Å². The summed E-state index contributed by atoms with van der Waals surface area (Å²) in [5, 5.41) is 9.23. The summed E-state index contributed by atoms with van der Waals surface area (Å²) in [6, 6.07) is 25.7.